The largest absolute Gasteiger partial charge is 0.466 e. The standard InChI is InChI=1S/C16H14Cl2N2O2S/c1-7-13(19-2)11(9-6-10(17)23-15(9)18)12(16(21)22-3)14(20-7)8-4-5-8/h6,8,11,13H,4-5H2,1,3H3. The molecule has 1 saturated carbocycles. The van der Waals surface area contributed by atoms with E-state index in [0.29, 0.717) is 25.5 Å². The van der Waals surface area contributed by atoms with Crippen molar-refractivity contribution in [3.63, 3.8) is 0 Å². The molecule has 2 heterocycles. The molecule has 1 aromatic heterocycles. The highest BCUT2D eigenvalue weighted by atomic mass is 35.5. The van der Waals surface area contributed by atoms with Crippen molar-refractivity contribution in [2.45, 2.75) is 31.7 Å². The molecule has 0 N–H and O–H groups in total. The van der Waals surface area contributed by atoms with E-state index in [2.05, 4.69) is 9.84 Å². The molecule has 0 radical (unpaired) electrons. The predicted molar refractivity (Wildman–Crippen MR) is 92.3 cm³/mol. The monoisotopic (exact) mass is 368 g/mol. The van der Waals surface area contributed by atoms with E-state index in [9.17, 15) is 4.79 Å². The summed E-state index contributed by atoms with van der Waals surface area (Å²) < 4.78 is 6.02. The maximum Gasteiger partial charge on any atom is 0.336 e. The van der Waals surface area contributed by atoms with Gasteiger partial charge < -0.3 is 9.58 Å². The summed E-state index contributed by atoms with van der Waals surface area (Å²) in [6, 6.07) is 1.17. The Balaban J connectivity index is 2.22. The molecule has 7 heteroatoms. The van der Waals surface area contributed by atoms with E-state index in [1.807, 2.05) is 6.92 Å². The number of allylic oxidation sites excluding steroid dienone is 1. The first-order valence-corrected chi connectivity index (χ1v) is 8.74. The molecule has 23 heavy (non-hydrogen) atoms. The molecule has 4 nitrogen and oxygen atoms in total. The minimum atomic E-state index is -0.574. The SMILES string of the molecule is [C-]#[N+]C1C(C)=NC(C2CC2)=C(C(=O)OC)C1c1cc(Cl)sc1Cl. The second kappa shape index (κ2) is 6.27. The summed E-state index contributed by atoms with van der Waals surface area (Å²) in [5.41, 5.74) is 2.61. The lowest BCUT2D eigenvalue weighted by atomic mass is 9.80. The maximum atomic E-state index is 12.5. The molecule has 1 aliphatic carbocycles. The minimum absolute atomic E-state index is 0.265. The van der Waals surface area contributed by atoms with Crippen molar-refractivity contribution < 1.29 is 9.53 Å². The molecule has 0 amide bonds. The predicted octanol–water partition coefficient (Wildman–Crippen LogP) is 4.74. The molecular weight excluding hydrogens is 355 g/mol. The summed E-state index contributed by atoms with van der Waals surface area (Å²) in [5.74, 6) is -0.661. The summed E-state index contributed by atoms with van der Waals surface area (Å²) in [6.45, 7) is 9.39. The van der Waals surface area contributed by atoms with Crippen LogP contribution in [0.3, 0.4) is 0 Å². The zero-order chi connectivity index (χ0) is 16.7. The van der Waals surface area contributed by atoms with Gasteiger partial charge in [0.2, 0.25) is 0 Å². The van der Waals surface area contributed by atoms with E-state index >= 15 is 0 Å². The summed E-state index contributed by atoms with van der Waals surface area (Å²) in [5, 5.41) is 0. The van der Waals surface area contributed by atoms with Crippen LogP contribution >= 0.6 is 34.5 Å². The Hall–Kier alpha value is -1.35. The van der Waals surface area contributed by atoms with Gasteiger partial charge >= 0.3 is 5.97 Å². The number of aliphatic imine (C=N–C) groups is 1. The fraction of sp³-hybridized carbons (Fsp3) is 0.438. The average Bonchev–Trinajstić information content (AvgIpc) is 3.30. The molecule has 0 bridgehead atoms. The zero-order valence-electron chi connectivity index (χ0n) is 12.6. The smallest absolute Gasteiger partial charge is 0.336 e. The normalized spacial score (nSPS) is 24.2. The third kappa shape index (κ3) is 2.91. The van der Waals surface area contributed by atoms with Crippen molar-refractivity contribution in [1.29, 1.82) is 0 Å². The van der Waals surface area contributed by atoms with Crippen LogP contribution in [0.15, 0.2) is 22.3 Å². The van der Waals surface area contributed by atoms with Crippen molar-refractivity contribution >= 4 is 46.2 Å². The lowest BCUT2D eigenvalue weighted by Crippen LogP contribution is -2.32. The summed E-state index contributed by atoms with van der Waals surface area (Å²) >= 11 is 13.6. The van der Waals surface area contributed by atoms with Crippen molar-refractivity contribution in [3.05, 3.63) is 43.0 Å². The van der Waals surface area contributed by atoms with E-state index < -0.39 is 17.9 Å². The van der Waals surface area contributed by atoms with Gasteiger partial charge in [-0.3, -0.25) is 4.99 Å². The molecule has 1 aromatic rings. The van der Waals surface area contributed by atoms with Gasteiger partial charge in [0, 0.05) is 5.92 Å². The molecule has 0 spiro atoms. The Bertz CT molecular complexity index is 772. The molecule has 2 unspecified atom stereocenters. The lowest BCUT2D eigenvalue weighted by Gasteiger charge is -2.26. The molecule has 0 aromatic carbocycles. The van der Waals surface area contributed by atoms with Gasteiger partial charge in [-0.2, -0.15) is 0 Å². The molecule has 120 valence electrons. The summed E-state index contributed by atoms with van der Waals surface area (Å²) in [7, 11) is 1.34. The highest BCUT2D eigenvalue weighted by Crippen LogP contribution is 2.49. The van der Waals surface area contributed by atoms with Crippen LogP contribution in [-0.2, 0) is 9.53 Å². The fourth-order valence-corrected chi connectivity index (χ4v) is 4.49. The number of halogens is 2. The van der Waals surface area contributed by atoms with Crippen molar-refractivity contribution in [2.75, 3.05) is 7.11 Å². The van der Waals surface area contributed by atoms with Crippen LogP contribution in [0.5, 0.6) is 0 Å². The number of carbonyl (C=O) groups excluding carboxylic acids is 1. The van der Waals surface area contributed by atoms with Crippen molar-refractivity contribution in [2.24, 2.45) is 10.9 Å². The van der Waals surface area contributed by atoms with Crippen LogP contribution in [-0.4, -0.2) is 24.8 Å². The van der Waals surface area contributed by atoms with E-state index in [-0.39, 0.29) is 5.92 Å². The second-order valence-corrected chi connectivity index (χ2v) is 7.93. The molecule has 1 fully saturated rings. The Kier molecular flexibility index (Phi) is 4.50. The van der Waals surface area contributed by atoms with Gasteiger partial charge in [0.05, 0.1) is 32.8 Å². The number of thiophene rings is 1. The third-order valence-corrected chi connectivity index (χ3v) is 5.67. The van der Waals surface area contributed by atoms with Crippen LogP contribution in [0.4, 0.5) is 0 Å². The Morgan fingerprint density at radius 3 is 2.65 bits per heavy atom. The molecule has 2 atom stereocenters. The number of ether oxygens (including phenoxy) is 1. The zero-order valence-corrected chi connectivity index (χ0v) is 14.9. The third-order valence-electron chi connectivity index (χ3n) is 4.15. The van der Waals surface area contributed by atoms with Crippen molar-refractivity contribution in [1.82, 2.24) is 0 Å². The van der Waals surface area contributed by atoms with Gasteiger partial charge in [0.25, 0.3) is 6.04 Å². The molecular formula is C16H14Cl2N2O2S. The van der Waals surface area contributed by atoms with Crippen LogP contribution in [0.2, 0.25) is 8.67 Å². The Labute approximate surface area is 148 Å². The Morgan fingerprint density at radius 2 is 2.17 bits per heavy atom. The van der Waals surface area contributed by atoms with Gasteiger partial charge in [-0.05, 0) is 31.4 Å². The number of carbonyl (C=O) groups is 1. The fourth-order valence-electron chi connectivity index (χ4n) is 2.94. The topological polar surface area (TPSA) is 43.0 Å². The van der Waals surface area contributed by atoms with E-state index in [4.69, 9.17) is 34.5 Å². The first kappa shape index (κ1) is 16.5. The Morgan fingerprint density at radius 1 is 1.48 bits per heavy atom. The van der Waals surface area contributed by atoms with Gasteiger partial charge in [-0.25, -0.2) is 11.4 Å². The van der Waals surface area contributed by atoms with Crippen LogP contribution in [0.1, 0.15) is 31.2 Å². The quantitative estimate of drug-likeness (QED) is 0.571. The highest BCUT2D eigenvalue weighted by Gasteiger charge is 2.46. The first-order chi connectivity index (χ1) is 11.0. The van der Waals surface area contributed by atoms with E-state index in [0.717, 1.165) is 18.5 Å². The number of hydrogen-bond donors (Lipinski definition) is 0. The summed E-state index contributed by atoms with van der Waals surface area (Å²) in [4.78, 5) is 20.7. The molecule has 0 saturated heterocycles. The van der Waals surface area contributed by atoms with Gasteiger partial charge in [0.1, 0.15) is 5.92 Å². The summed E-state index contributed by atoms with van der Waals surface area (Å²) in [6.07, 6.45) is 2.00. The van der Waals surface area contributed by atoms with Gasteiger partial charge in [-0.1, -0.05) is 23.2 Å². The van der Waals surface area contributed by atoms with Crippen LogP contribution in [0.25, 0.3) is 4.85 Å². The van der Waals surface area contributed by atoms with E-state index in [1.54, 1.807) is 6.07 Å². The van der Waals surface area contributed by atoms with Crippen molar-refractivity contribution in [3.8, 4) is 0 Å². The van der Waals surface area contributed by atoms with Gasteiger partial charge in [0.15, 0.2) is 0 Å². The number of esters is 1. The first-order valence-electron chi connectivity index (χ1n) is 7.16. The minimum Gasteiger partial charge on any atom is -0.466 e. The molecule has 1 aliphatic heterocycles. The maximum absolute atomic E-state index is 12.5. The number of nitrogens with zero attached hydrogens (tertiary/aromatic N) is 2. The molecule has 3 rings (SSSR count). The van der Waals surface area contributed by atoms with Gasteiger partial charge in [-0.15, -0.1) is 11.3 Å². The number of rotatable bonds is 3. The highest BCUT2D eigenvalue weighted by molar-refractivity contribution is 7.20. The average molecular weight is 369 g/mol. The molecule has 2 aliphatic rings. The number of methoxy groups -OCH3 is 1. The second-order valence-electron chi connectivity index (χ2n) is 5.65. The van der Waals surface area contributed by atoms with Crippen LogP contribution in [0, 0.1) is 12.5 Å². The van der Waals surface area contributed by atoms with Crippen LogP contribution < -0.4 is 0 Å². The lowest BCUT2D eigenvalue weighted by molar-refractivity contribution is -0.136. The number of hydrogen-bond acceptors (Lipinski definition) is 4. The van der Waals surface area contributed by atoms with E-state index in [1.165, 1.54) is 18.4 Å².